The third-order valence-electron chi connectivity index (χ3n) is 4.44. The number of anilines is 1. The molecular formula is C15H24N6O3. The van der Waals surface area contributed by atoms with Gasteiger partial charge in [0, 0.05) is 46.4 Å². The highest BCUT2D eigenvalue weighted by Gasteiger charge is 2.23. The van der Waals surface area contributed by atoms with Crippen LogP contribution in [0.15, 0.2) is 9.59 Å². The molecule has 0 unspecified atom stereocenters. The molecular weight excluding hydrogens is 312 g/mol. The second kappa shape index (κ2) is 6.78. The van der Waals surface area contributed by atoms with E-state index in [-0.39, 0.29) is 0 Å². The minimum absolute atomic E-state index is 0.405. The van der Waals surface area contributed by atoms with E-state index in [0.29, 0.717) is 30.9 Å². The number of hydrogen-bond acceptors (Lipinski definition) is 6. The van der Waals surface area contributed by atoms with Crippen LogP contribution in [0, 0.1) is 0 Å². The van der Waals surface area contributed by atoms with Crippen LogP contribution >= 0.6 is 0 Å². The van der Waals surface area contributed by atoms with Crippen LogP contribution in [0.4, 0.5) is 5.95 Å². The lowest BCUT2D eigenvalue weighted by atomic mass is 10.3. The highest BCUT2D eigenvalue weighted by Crippen LogP contribution is 2.20. The van der Waals surface area contributed by atoms with Gasteiger partial charge in [-0.05, 0) is 14.0 Å². The summed E-state index contributed by atoms with van der Waals surface area (Å²) in [6.07, 6.45) is 0. The van der Waals surface area contributed by atoms with E-state index in [9.17, 15) is 9.59 Å². The summed E-state index contributed by atoms with van der Waals surface area (Å²) in [7, 11) is 3.71. The van der Waals surface area contributed by atoms with Crippen molar-refractivity contribution >= 4 is 17.1 Å². The standard InChI is InChI=1S/C15H24N6O3/c1-4-24-10-9-21-11-12(19(3)15(23)17-13(11)22)16-14(21)20-7-5-18(2)6-8-20/h4-10H2,1-3H3,(H,17,22,23). The van der Waals surface area contributed by atoms with Crippen LogP contribution in [-0.4, -0.2) is 70.4 Å². The fraction of sp³-hybridized carbons (Fsp3) is 0.667. The van der Waals surface area contributed by atoms with Crippen LogP contribution in [0.5, 0.6) is 0 Å². The van der Waals surface area contributed by atoms with E-state index in [1.807, 2.05) is 11.5 Å². The Morgan fingerprint density at radius 2 is 1.88 bits per heavy atom. The molecule has 3 rings (SSSR count). The average Bonchev–Trinajstić information content (AvgIpc) is 2.94. The zero-order valence-electron chi connectivity index (χ0n) is 14.4. The average molecular weight is 336 g/mol. The van der Waals surface area contributed by atoms with E-state index in [4.69, 9.17) is 4.74 Å². The third kappa shape index (κ3) is 2.96. The Hall–Kier alpha value is -2.13. The molecule has 0 saturated carbocycles. The summed E-state index contributed by atoms with van der Waals surface area (Å²) < 4.78 is 8.70. The number of fused-ring (bicyclic) bond motifs is 1. The van der Waals surface area contributed by atoms with E-state index in [1.54, 1.807) is 7.05 Å². The molecule has 9 heteroatoms. The van der Waals surface area contributed by atoms with E-state index in [1.165, 1.54) is 4.57 Å². The summed E-state index contributed by atoms with van der Waals surface area (Å²) in [5.74, 6) is 0.726. The molecule has 1 aliphatic heterocycles. The molecule has 2 aromatic rings. The Kier molecular flexibility index (Phi) is 4.72. The summed E-state index contributed by atoms with van der Waals surface area (Å²) >= 11 is 0. The number of likely N-dealkylation sites (N-methyl/N-ethyl adjacent to an activating group) is 1. The van der Waals surface area contributed by atoms with Gasteiger partial charge in [0.15, 0.2) is 11.2 Å². The fourth-order valence-corrected chi connectivity index (χ4v) is 2.98. The maximum Gasteiger partial charge on any atom is 0.329 e. The van der Waals surface area contributed by atoms with Crippen molar-refractivity contribution in [3.05, 3.63) is 20.8 Å². The van der Waals surface area contributed by atoms with Crippen molar-refractivity contribution in [2.24, 2.45) is 7.05 Å². The Labute approximate surface area is 139 Å². The fourth-order valence-electron chi connectivity index (χ4n) is 2.98. The van der Waals surface area contributed by atoms with Crippen molar-refractivity contribution in [3.8, 4) is 0 Å². The van der Waals surface area contributed by atoms with Crippen molar-refractivity contribution in [1.29, 1.82) is 0 Å². The lowest BCUT2D eigenvalue weighted by Gasteiger charge is -2.33. The van der Waals surface area contributed by atoms with E-state index in [2.05, 4.69) is 26.8 Å². The third-order valence-corrected chi connectivity index (χ3v) is 4.44. The Morgan fingerprint density at radius 1 is 1.17 bits per heavy atom. The number of aromatic nitrogens is 4. The smallest absolute Gasteiger partial charge is 0.329 e. The first-order chi connectivity index (χ1) is 11.5. The van der Waals surface area contributed by atoms with E-state index >= 15 is 0 Å². The first kappa shape index (κ1) is 16.7. The lowest BCUT2D eigenvalue weighted by molar-refractivity contribution is 0.140. The summed E-state index contributed by atoms with van der Waals surface area (Å²) in [5.41, 5.74) is -0.0238. The summed E-state index contributed by atoms with van der Waals surface area (Å²) in [6, 6.07) is 0. The number of piperazine rings is 1. The van der Waals surface area contributed by atoms with Gasteiger partial charge >= 0.3 is 5.69 Å². The Bertz CT molecular complexity index is 828. The molecule has 0 spiro atoms. The van der Waals surface area contributed by atoms with Crippen molar-refractivity contribution < 1.29 is 4.74 Å². The minimum Gasteiger partial charge on any atom is -0.380 e. The minimum atomic E-state index is -0.452. The van der Waals surface area contributed by atoms with Crippen LogP contribution in [-0.2, 0) is 18.3 Å². The SMILES string of the molecule is CCOCCn1c(N2CCN(C)CC2)nc2c1c(=O)[nH]c(=O)n2C. The van der Waals surface area contributed by atoms with Gasteiger partial charge in [0.05, 0.1) is 6.61 Å². The van der Waals surface area contributed by atoms with Gasteiger partial charge in [-0.1, -0.05) is 0 Å². The maximum absolute atomic E-state index is 12.4. The molecule has 1 N–H and O–H groups in total. The molecule has 0 bridgehead atoms. The van der Waals surface area contributed by atoms with Gasteiger partial charge in [-0.3, -0.25) is 14.3 Å². The molecule has 1 saturated heterocycles. The number of rotatable bonds is 5. The first-order valence-corrected chi connectivity index (χ1v) is 8.23. The monoisotopic (exact) mass is 336 g/mol. The number of nitrogens with one attached hydrogen (secondary N) is 1. The molecule has 1 fully saturated rings. The maximum atomic E-state index is 12.4. The highest BCUT2D eigenvalue weighted by molar-refractivity contribution is 5.74. The van der Waals surface area contributed by atoms with Crippen molar-refractivity contribution in [3.63, 3.8) is 0 Å². The van der Waals surface area contributed by atoms with Gasteiger partial charge in [0.25, 0.3) is 5.56 Å². The number of ether oxygens (including phenoxy) is 1. The molecule has 3 heterocycles. The van der Waals surface area contributed by atoms with E-state index in [0.717, 1.165) is 32.1 Å². The first-order valence-electron chi connectivity index (χ1n) is 8.23. The van der Waals surface area contributed by atoms with Crippen LogP contribution < -0.4 is 16.1 Å². The predicted octanol–water partition coefficient (Wildman–Crippen LogP) is -0.788. The molecule has 0 atom stereocenters. The lowest BCUT2D eigenvalue weighted by Crippen LogP contribution is -2.45. The molecule has 0 aliphatic carbocycles. The van der Waals surface area contributed by atoms with Crippen LogP contribution in [0.1, 0.15) is 6.92 Å². The summed E-state index contributed by atoms with van der Waals surface area (Å²) in [5, 5.41) is 0. The highest BCUT2D eigenvalue weighted by atomic mass is 16.5. The number of nitrogens with zero attached hydrogens (tertiary/aromatic N) is 5. The largest absolute Gasteiger partial charge is 0.380 e. The molecule has 0 amide bonds. The number of hydrogen-bond donors (Lipinski definition) is 1. The van der Waals surface area contributed by atoms with Gasteiger partial charge in [0.2, 0.25) is 5.95 Å². The zero-order chi connectivity index (χ0) is 17.3. The molecule has 24 heavy (non-hydrogen) atoms. The summed E-state index contributed by atoms with van der Waals surface area (Å²) in [4.78, 5) is 35.6. The Balaban J connectivity index is 2.10. The number of aryl methyl sites for hydroxylation is 1. The quantitative estimate of drug-likeness (QED) is 0.720. The van der Waals surface area contributed by atoms with Gasteiger partial charge < -0.3 is 19.1 Å². The number of aromatic amines is 1. The van der Waals surface area contributed by atoms with Crippen molar-refractivity contribution in [2.75, 3.05) is 51.3 Å². The van der Waals surface area contributed by atoms with Crippen LogP contribution in [0.3, 0.4) is 0 Å². The van der Waals surface area contributed by atoms with Gasteiger partial charge in [-0.25, -0.2) is 4.79 Å². The number of H-pyrrole nitrogens is 1. The topological polar surface area (TPSA) is 88.4 Å². The molecule has 0 radical (unpaired) electrons. The molecule has 0 aromatic carbocycles. The van der Waals surface area contributed by atoms with E-state index < -0.39 is 11.2 Å². The van der Waals surface area contributed by atoms with Gasteiger partial charge in [0.1, 0.15) is 0 Å². The normalized spacial score (nSPS) is 16.2. The molecule has 9 nitrogen and oxygen atoms in total. The van der Waals surface area contributed by atoms with Gasteiger partial charge in [-0.2, -0.15) is 4.98 Å². The molecule has 1 aliphatic rings. The van der Waals surface area contributed by atoms with Gasteiger partial charge in [-0.15, -0.1) is 0 Å². The van der Waals surface area contributed by atoms with Crippen LogP contribution in [0.25, 0.3) is 11.2 Å². The Morgan fingerprint density at radius 3 is 2.54 bits per heavy atom. The second-order valence-corrected chi connectivity index (χ2v) is 6.04. The molecule has 2 aromatic heterocycles. The number of imidazole rings is 1. The molecule has 132 valence electrons. The van der Waals surface area contributed by atoms with Crippen molar-refractivity contribution in [1.82, 2.24) is 24.0 Å². The second-order valence-electron chi connectivity index (χ2n) is 6.04. The summed E-state index contributed by atoms with van der Waals surface area (Å²) in [6.45, 7) is 7.10. The van der Waals surface area contributed by atoms with Crippen LogP contribution in [0.2, 0.25) is 0 Å². The van der Waals surface area contributed by atoms with Crippen molar-refractivity contribution in [2.45, 2.75) is 13.5 Å². The predicted molar refractivity (Wildman–Crippen MR) is 91.8 cm³/mol. The zero-order valence-corrected chi connectivity index (χ0v) is 14.4.